The maximum absolute atomic E-state index is 9.16. The highest BCUT2D eigenvalue weighted by atomic mass is 16.3. The molecular weight excluding hydrogens is 144 g/mol. The third-order valence-electron chi connectivity index (χ3n) is 1.42. The Kier molecular flexibility index (Phi) is 1.55. The van der Waals surface area contributed by atoms with Gasteiger partial charge in [0.25, 0.3) is 6.01 Å². The number of aromatic nitrogens is 2. The highest BCUT2D eigenvalue weighted by Crippen LogP contribution is 2.29. The second-order valence-electron chi connectivity index (χ2n) is 3.51. The predicted octanol–water partition coefficient (Wildman–Crippen LogP) is 1.12. The van der Waals surface area contributed by atoms with Gasteiger partial charge in [-0.25, -0.2) is 0 Å². The summed E-state index contributed by atoms with van der Waals surface area (Å²) in [6, 6.07) is -0.243. The molecule has 0 unspecified atom stereocenters. The molecule has 0 spiro atoms. The molecule has 1 heterocycles. The van der Waals surface area contributed by atoms with Gasteiger partial charge in [-0.15, -0.1) is 0 Å². The van der Waals surface area contributed by atoms with Gasteiger partial charge in [0.1, 0.15) is 0 Å². The van der Waals surface area contributed by atoms with Crippen LogP contribution in [0.3, 0.4) is 0 Å². The van der Waals surface area contributed by atoms with Gasteiger partial charge in [-0.2, -0.15) is 4.98 Å². The Balaban J connectivity index is 3.13. The van der Waals surface area contributed by atoms with E-state index in [1.54, 1.807) is 0 Å². The number of aromatic amines is 1. The van der Waals surface area contributed by atoms with Crippen LogP contribution in [0.5, 0.6) is 11.9 Å². The maximum atomic E-state index is 9.16. The molecule has 0 aliphatic rings. The van der Waals surface area contributed by atoms with Gasteiger partial charge in [-0.1, -0.05) is 20.8 Å². The standard InChI is InChI=1S/C7H12N2O2/c1-7(2,3)4-5(10)9-6(11)8-4/h10H,1-3H3,(H2,8,9,11). The number of hydrogen-bond acceptors (Lipinski definition) is 3. The van der Waals surface area contributed by atoms with Crippen molar-refractivity contribution in [3.63, 3.8) is 0 Å². The second kappa shape index (κ2) is 2.15. The second-order valence-corrected chi connectivity index (χ2v) is 3.51. The van der Waals surface area contributed by atoms with E-state index >= 15 is 0 Å². The van der Waals surface area contributed by atoms with Crippen molar-refractivity contribution in [2.75, 3.05) is 0 Å². The van der Waals surface area contributed by atoms with E-state index in [0.717, 1.165) is 0 Å². The Hall–Kier alpha value is -1.19. The quantitative estimate of drug-likeness (QED) is 0.527. The van der Waals surface area contributed by atoms with E-state index in [4.69, 9.17) is 10.2 Å². The van der Waals surface area contributed by atoms with Gasteiger partial charge in [0.05, 0.1) is 5.69 Å². The molecule has 1 aromatic heterocycles. The average Bonchev–Trinajstić information content (AvgIpc) is 2.08. The molecular formula is C7H12N2O2. The van der Waals surface area contributed by atoms with Crippen molar-refractivity contribution in [3.8, 4) is 11.9 Å². The largest absolute Gasteiger partial charge is 0.492 e. The first kappa shape index (κ1) is 7.91. The average molecular weight is 156 g/mol. The third-order valence-corrected chi connectivity index (χ3v) is 1.42. The SMILES string of the molecule is CC(C)(C)c1[nH]c(O)nc1O. The van der Waals surface area contributed by atoms with Gasteiger partial charge in [0.15, 0.2) is 0 Å². The Morgan fingerprint density at radius 2 is 1.82 bits per heavy atom. The summed E-state index contributed by atoms with van der Waals surface area (Å²) in [7, 11) is 0. The van der Waals surface area contributed by atoms with Crippen LogP contribution < -0.4 is 0 Å². The lowest BCUT2D eigenvalue weighted by molar-refractivity contribution is 0.415. The van der Waals surface area contributed by atoms with E-state index in [2.05, 4.69) is 9.97 Å². The van der Waals surface area contributed by atoms with E-state index in [9.17, 15) is 0 Å². The molecule has 3 N–H and O–H groups in total. The van der Waals surface area contributed by atoms with Gasteiger partial charge in [0.2, 0.25) is 5.88 Å². The summed E-state index contributed by atoms with van der Waals surface area (Å²) in [5.74, 6) is -0.130. The fourth-order valence-corrected chi connectivity index (χ4v) is 0.875. The monoisotopic (exact) mass is 156 g/mol. The van der Waals surface area contributed by atoms with Gasteiger partial charge in [-0.05, 0) is 0 Å². The molecule has 0 atom stereocenters. The van der Waals surface area contributed by atoms with E-state index < -0.39 is 0 Å². The van der Waals surface area contributed by atoms with Crippen molar-refractivity contribution in [1.82, 2.24) is 9.97 Å². The molecule has 0 aliphatic heterocycles. The maximum Gasteiger partial charge on any atom is 0.294 e. The molecule has 0 saturated heterocycles. The van der Waals surface area contributed by atoms with Crippen LogP contribution in [0.4, 0.5) is 0 Å². The van der Waals surface area contributed by atoms with Gasteiger partial charge in [-0.3, -0.25) is 0 Å². The molecule has 1 rings (SSSR count). The molecule has 0 aliphatic carbocycles. The minimum absolute atomic E-state index is 0.130. The summed E-state index contributed by atoms with van der Waals surface area (Å²) >= 11 is 0. The topological polar surface area (TPSA) is 69.1 Å². The Morgan fingerprint density at radius 1 is 1.27 bits per heavy atom. The van der Waals surface area contributed by atoms with Crippen molar-refractivity contribution in [2.45, 2.75) is 26.2 Å². The molecule has 11 heavy (non-hydrogen) atoms. The summed E-state index contributed by atoms with van der Waals surface area (Å²) in [5.41, 5.74) is 0.327. The first-order chi connectivity index (χ1) is 4.91. The van der Waals surface area contributed by atoms with Crippen LogP contribution in [0, 0.1) is 0 Å². The van der Waals surface area contributed by atoms with Gasteiger partial charge in [0, 0.05) is 5.41 Å². The molecule has 0 amide bonds. The molecule has 0 fully saturated rings. The molecule has 4 heteroatoms. The lowest BCUT2D eigenvalue weighted by atomic mass is 9.93. The number of rotatable bonds is 0. The predicted molar refractivity (Wildman–Crippen MR) is 40.6 cm³/mol. The van der Waals surface area contributed by atoms with Crippen molar-refractivity contribution >= 4 is 0 Å². The number of imidazole rings is 1. The zero-order valence-electron chi connectivity index (χ0n) is 6.84. The van der Waals surface area contributed by atoms with E-state index in [-0.39, 0.29) is 17.3 Å². The first-order valence-corrected chi connectivity index (χ1v) is 3.39. The van der Waals surface area contributed by atoms with Crippen molar-refractivity contribution < 1.29 is 10.2 Å². The molecule has 0 bridgehead atoms. The lowest BCUT2D eigenvalue weighted by Gasteiger charge is -2.15. The zero-order valence-corrected chi connectivity index (χ0v) is 6.84. The Morgan fingerprint density at radius 3 is 2.00 bits per heavy atom. The fraction of sp³-hybridized carbons (Fsp3) is 0.571. The minimum atomic E-state index is -0.243. The highest BCUT2D eigenvalue weighted by Gasteiger charge is 2.21. The van der Waals surface area contributed by atoms with E-state index in [1.807, 2.05) is 20.8 Å². The zero-order chi connectivity index (χ0) is 8.65. The molecule has 0 saturated carbocycles. The summed E-state index contributed by atoms with van der Waals surface area (Å²) in [6.45, 7) is 5.75. The summed E-state index contributed by atoms with van der Waals surface area (Å²) in [4.78, 5) is 6.01. The van der Waals surface area contributed by atoms with Gasteiger partial charge >= 0.3 is 0 Å². The Bertz CT molecular complexity index is 260. The van der Waals surface area contributed by atoms with Gasteiger partial charge < -0.3 is 15.2 Å². The smallest absolute Gasteiger partial charge is 0.294 e. The van der Waals surface area contributed by atoms with Crippen LogP contribution in [-0.4, -0.2) is 20.2 Å². The van der Waals surface area contributed by atoms with E-state index in [1.165, 1.54) is 0 Å². The van der Waals surface area contributed by atoms with Crippen LogP contribution in [0.2, 0.25) is 0 Å². The van der Waals surface area contributed by atoms with Crippen molar-refractivity contribution in [1.29, 1.82) is 0 Å². The molecule has 1 aromatic rings. The molecule has 4 nitrogen and oxygen atoms in total. The number of nitrogens with one attached hydrogen (secondary N) is 1. The third kappa shape index (κ3) is 1.45. The van der Waals surface area contributed by atoms with Crippen LogP contribution in [-0.2, 0) is 5.41 Å². The fourth-order valence-electron chi connectivity index (χ4n) is 0.875. The number of aromatic hydroxyl groups is 2. The van der Waals surface area contributed by atoms with Crippen LogP contribution in [0.25, 0.3) is 0 Å². The van der Waals surface area contributed by atoms with E-state index in [0.29, 0.717) is 5.69 Å². The van der Waals surface area contributed by atoms with Crippen molar-refractivity contribution in [2.24, 2.45) is 0 Å². The first-order valence-electron chi connectivity index (χ1n) is 3.39. The number of hydrogen-bond donors (Lipinski definition) is 3. The molecule has 0 aromatic carbocycles. The molecule has 62 valence electrons. The number of nitrogens with zero attached hydrogens (tertiary/aromatic N) is 1. The lowest BCUT2D eigenvalue weighted by Crippen LogP contribution is -2.11. The summed E-state index contributed by atoms with van der Waals surface area (Å²) < 4.78 is 0. The minimum Gasteiger partial charge on any atom is -0.492 e. The highest BCUT2D eigenvalue weighted by molar-refractivity contribution is 5.27. The van der Waals surface area contributed by atoms with Crippen LogP contribution in [0.1, 0.15) is 26.5 Å². The van der Waals surface area contributed by atoms with Crippen LogP contribution >= 0.6 is 0 Å². The summed E-state index contributed by atoms with van der Waals surface area (Å²) in [5, 5.41) is 18.0. The summed E-state index contributed by atoms with van der Waals surface area (Å²) in [6.07, 6.45) is 0. The molecule has 0 radical (unpaired) electrons. The number of H-pyrrole nitrogens is 1. The Labute approximate surface area is 64.9 Å². The van der Waals surface area contributed by atoms with Crippen molar-refractivity contribution in [3.05, 3.63) is 5.69 Å². The normalized spacial score (nSPS) is 11.9. The van der Waals surface area contributed by atoms with Crippen LogP contribution in [0.15, 0.2) is 0 Å².